The molecule has 0 radical (unpaired) electrons. The van der Waals surface area contributed by atoms with Gasteiger partial charge in [-0.1, -0.05) is 42.0 Å². The molecule has 1 aliphatic rings. The zero-order chi connectivity index (χ0) is 17.8. The van der Waals surface area contributed by atoms with E-state index in [0.717, 1.165) is 11.3 Å². The summed E-state index contributed by atoms with van der Waals surface area (Å²) in [5.74, 6) is -0.380. The summed E-state index contributed by atoms with van der Waals surface area (Å²) in [6.45, 7) is 4.35. The summed E-state index contributed by atoms with van der Waals surface area (Å²) in [5, 5.41) is 8.85. The number of nitrogens with one attached hydrogen (secondary N) is 3. The summed E-state index contributed by atoms with van der Waals surface area (Å²) >= 11 is 0. The number of amides is 2. The van der Waals surface area contributed by atoms with E-state index < -0.39 is 6.04 Å². The Kier molecular flexibility index (Phi) is 5.14. The largest absolute Gasteiger partial charge is 0.343 e. The van der Waals surface area contributed by atoms with E-state index in [9.17, 15) is 9.59 Å². The van der Waals surface area contributed by atoms with Gasteiger partial charge in [-0.25, -0.2) is 0 Å². The molecule has 2 aromatic carbocycles. The topological polar surface area (TPSA) is 70.2 Å². The molecular formula is C20H23N3O2. The third kappa shape index (κ3) is 4.25. The molecule has 3 rings (SSSR count). The molecular weight excluding hydrogens is 314 g/mol. The Bertz CT molecular complexity index is 771. The first-order chi connectivity index (χ1) is 12.0. The van der Waals surface area contributed by atoms with Crippen molar-refractivity contribution in [3.8, 4) is 0 Å². The zero-order valence-electron chi connectivity index (χ0n) is 14.5. The molecule has 0 spiro atoms. The zero-order valence-corrected chi connectivity index (χ0v) is 14.5. The van der Waals surface area contributed by atoms with Gasteiger partial charge in [-0.3, -0.25) is 9.59 Å². The lowest BCUT2D eigenvalue weighted by Crippen LogP contribution is -2.52. The molecule has 130 valence electrons. The SMILES string of the molecule is Cc1ccc(NC(=O)[C@@H](C)NC(=O)[C@H]2Cc3ccccc3CN2)cc1. The van der Waals surface area contributed by atoms with E-state index in [1.165, 1.54) is 11.1 Å². The molecule has 2 atom stereocenters. The van der Waals surface area contributed by atoms with Crippen LogP contribution in [-0.4, -0.2) is 23.9 Å². The highest BCUT2D eigenvalue weighted by molar-refractivity contribution is 5.97. The minimum absolute atomic E-state index is 0.152. The van der Waals surface area contributed by atoms with Gasteiger partial charge in [0.2, 0.25) is 11.8 Å². The molecule has 0 aliphatic carbocycles. The summed E-state index contributed by atoms with van der Waals surface area (Å²) in [6, 6.07) is 14.7. The molecule has 5 nitrogen and oxygen atoms in total. The fraction of sp³-hybridized carbons (Fsp3) is 0.300. The smallest absolute Gasteiger partial charge is 0.246 e. The number of rotatable bonds is 4. The van der Waals surface area contributed by atoms with E-state index in [4.69, 9.17) is 0 Å². The van der Waals surface area contributed by atoms with Crippen LogP contribution in [0.15, 0.2) is 48.5 Å². The first-order valence-electron chi connectivity index (χ1n) is 8.51. The standard InChI is InChI=1S/C20H23N3O2/c1-13-7-9-17(10-8-13)23-19(24)14(2)22-20(25)18-11-15-5-3-4-6-16(15)12-21-18/h3-10,14,18,21H,11-12H2,1-2H3,(H,22,25)(H,23,24)/t14-,18-/m1/s1. The Morgan fingerprint density at radius 3 is 2.48 bits per heavy atom. The van der Waals surface area contributed by atoms with Crippen molar-refractivity contribution in [1.29, 1.82) is 0 Å². The minimum Gasteiger partial charge on any atom is -0.343 e. The van der Waals surface area contributed by atoms with Crippen LogP contribution >= 0.6 is 0 Å². The molecule has 3 N–H and O–H groups in total. The van der Waals surface area contributed by atoms with Crippen LogP contribution < -0.4 is 16.0 Å². The highest BCUT2D eigenvalue weighted by Gasteiger charge is 2.26. The van der Waals surface area contributed by atoms with Crippen LogP contribution in [-0.2, 0) is 22.6 Å². The van der Waals surface area contributed by atoms with E-state index in [2.05, 4.69) is 22.0 Å². The number of anilines is 1. The van der Waals surface area contributed by atoms with Crippen molar-refractivity contribution < 1.29 is 9.59 Å². The summed E-state index contributed by atoms with van der Waals surface area (Å²) in [4.78, 5) is 24.7. The van der Waals surface area contributed by atoms with Crippen molar-refractivity contribution in [3.63, 3.8) is 0 Å². The highest BCUT2D eigenvalue weighted by Crippen LogP contribution is 2.16. The monoisotopic (exact) mass is 337 g/mol. The molecule has 2 aromatic rings. The van der Waals surface area contributed by atoms with Gasteiger partial charge in [-0.05, 0) is 43.5 Å². The normalized spacial score (nSPS) is 17.3. The Morgan fingerprint density at radius 2 is 1.76 bits per heavy atom. The molecule has 1 aliphatic heterocycles. The average molecular weight is 337 g/mol. The number of fused-ring (bicyclic) bond motifs is 1. The molecule has 1 heterocycles. The summed E-state index contributed by atoms with van der Waals surface area (Å²) in [5.41, 5.74) is 4.25. The number of hydrogen-bond acceptors (Lipinski definition) is 3. The molecule has 0 unspecified atom stereocenters. The van der Waals surface area contributed by atoms with Gasteiger partial charge in [0.25, 0.3) is 0 Å². The predicted molar refractivity (Wildman–Crippen MR) is 98.2 cm³/mol. The summed E-state index contributed by atoms with van der Waals surface area (Å²) in [6.07, 6.45) is 0.633. The van der Waals surface area contributed by atoms with Crippen molar-refractivity contribution in [2.75, 3.05) is 5.32 Å². The third-order valence-electron chi connectivity index (χ3n) is 4.47. The van der Waals surface area contributed by atoms with Gasteiger partial charge in [-0.15, -0.1) is 0 Å². The molecule has 0 bridgehead atoms. The van der Waals surface area contributed by atoms with E-state index in [-0.39, 0.29) is 17.9 Å². The van der Waals surface area contributed by atoms with Gasteiger partial charge in [-0.2, -0.15) is 0 Å². The Morgan fingerprint density at radius 1 is 1.08 bits per heavy atom. The molecule has 2 amide bonds. The Hall–Kier alpha value is -2.66. The van der Waals surface area contributed by atoms with E-state index >= 15 is 0 Å². The molecule has 0 saturated heterocycles. The Labute approximate surface area is 147 Å². The van der Waals surface area contributed by atoms with Crippen LogP contribution in [0.25, 0.3) is 0 Å². The fourth-order valence-corrected chi connectivity index (χ4v) is 2.91. The molecule has 5 heteroatoms. The maximum absolute atomic E-state index is 12.5. The highest BCUT2D eigenvalue weighted by atomic mass is 16.2. The maximum atomic E-state index is 12.5. The van der Waals surface area contributed by atoms with Crippen LogP contribution in [0.1, 0.15) is 23.6 Å². The van der Waals surface area contributed by atoms with Crippen molar-refractivity contribution in [2.45, 2.75) is 38.9 Å². The lowest BCUT2D eigenvalue weighted by atomic mass is 9.95. The number of carbonyl (C=O) groups is 2. The third-order valence-corrected chi connectivity index (χ3v) is 4.47. The van der Waals surface area contributed by atoms with Gasteiger partial charge in [0.15, 0.2) is 0 Å². The van der Waals surface area contributed by atoms with Crippen LogP contribution in [0.3, 0.4) is 0 Å². The van der Waals surface area contributed by atoms with Gasteiger partial charge in [0.1, 0.15) is 6.04 Å². The van der Waals surface area contributed by atoms with Crippen molar-refractivity contribution in [2.24, 2.45) is 0 Å². The first-order valence-corrected chi connectivity index (χ1v) is 8.51. The lowest BCUT2D eigenvalue weighted by molar-refractivity contribution is -0.127. The average Bonchev–Trinajstić information content (AvgIpc) is 2.63. The van der Waals surface area contributed by atoms with Gasteiger partial charge < -0.3 is 16.0 Å². The molecule has 0 saturated carbocycles. The molecule has 0 fully saturated rings. The van der Waals surface area contributed by atoms with E-state index in [0.29, 0.717) is 13.0 Å². The minimum atomic E-state index is -0.604. The van der Waals surface area contributed by atoms with E-state index in [1.807, 2.05) is 49.4 Å². The number of benzene rings is 2. The van der Waals surface area contributed by atoms with Crippen molar-refractivity contribution >= 4 is 17.5 Å². The number of aryl methyl sites for hydroxylation is 1. The van der Waals surface area contributed by atoms with Gasteiger partial charge in [0.05, 0.1) is 6.04 Å². The fourth-order valence-electron chi connectivity index (χ4n) is 2.91. The van der Waals surface area contributed by atoms with Gasteiger partial charge in [0, 0.05) is 12.2 Å². The lowest BCUT2D eigenvalue weighted by Gasteiger charge is -2.26. The second-order valence-corrected chi connectivity index (χ2v) is 6.49. The Balaban J connectivity index is 1.55. The van der Waals surface area contributed by atoms with Crippen LogP contribution in [0.5, 0.6) is 0 Å². The van der Waals surface area contributed by atoms with Crippen molar-refractivity contribution in [3.05, 3.63) is 65.2 Å². The maximum Gasteiger partial charge on any atom is 0.246 e. The molecule has 0 aromatic heterocycles. The van der Waals surface area contributed by atoms with E-state index in [1.54, 1.807) is 6.92 Å². The van der Waals surface area contributed by atoms with Crippen LogP contribution in [0, 0.1) is 6.92 Å². The summed E-state index contributed by atoms with van der Waals surface area (Å²) in [7, 11) is 0. The predicted octanol–water partition coefficient (Wildman–Crippen LogP) is 2.15. The summed E-state index contributed by atoms with van der Waals surface area (Å²) < 4.78 is 0. The number of carbonyl (C=O) groups excluding carboxylic acids is 2. The second kappa shape index (κ2) is 7.49. The number of hydrogen-bond donors (Lipinski definition) is 3. The van der Waals surface area contributed by atoms with Crippen LogP contribution in [0.2, 0.25) is 0 Å². The van der Waals surface area contributed by atoms with Gasteiger partial charge >= 0.3 is 0 Å². The second-order valence-electron chi connectivity index (χ2n) is 6.49. The quantitative estimate of drug-likeness (QED) is 0.801. The van der Waals surface area contributed by atoms with Crippen LogP contribution in [0.4, 0.5) is 5.69 Å². The van der Waals surface area contributed by atoms with Crippen molar-refractivity contribution in [1.82, 2.24) is 10.6 Å². The molecule has 25 heavy (non-hydrogen) atoms. The first kappa shape index (κ1) is 17.2.